The second-order valence-corrected chi connectivity index (χ2v) is 5.87. The van der Waals surface area contributed by atoms with Crippen LogP contribution in [-0.4, -0.2) is 7.11 Å². The summed E-state index contributed by atoms with van der Waals surface area (Å²) >= 11 is 2.32. The first-order valence-corrected chi connectivity index (χ1v) is 7.34. The third kappa shape index (κ3) is 3.62. The molecule has 1 atom stereocenters. The van der Waals surface area contributed by atoms with Crippen molar-refractivity contribution in [2.24, 2.45) is 0 Å². The zero-order chi connectivity index (χ0) is 13.8. The van der Waals surface area contributed by atoms with E-state index in [4.69, 9.17) is 4.74 Å². The van der Waals surface area contributed by atoms with Gasteiger partial charge >= 0.3 is 0 Å². The van der Waals surface area contributed by atoms with Gasteiger partial charge in [-0.1, -0.05) is 18.2 Å². The fourth-order valence-electron chi connectivity index (χ4n) is 2.08. The molecule has 2 aromatic carbocycles. The zero-order valence-corrected chi connectivity index (χ0v) is 13.6. The lowest BCUT2D eigenvalue weighted by molar-refractivity contribution is 0.407. The molecular formula is C16H18INO. The molecule has 2 rings (SSSR count). The minimum Gasteiger partial charge on any atom is -0.496 e. The maximum absolute atomic E-state index is 5.47. The van der Waals surface area contributed by atoms with Crippen molar-refractivity contribution in [3.8, 4) is 5.75 Å². The Labute approximate surface area is 128 Å². The quantitative estimate of drug-likeness (QED) is 0.786. The molecule has 0 saturated heterocycles. The summed E-state index contributed by atoms with van der Waals surface area (Å²) in [7, 11) is 1.72. The van der Waals surface area contributed by atoms with Gasteiger partial charge in [-0.2, -0.15) is 0 Å². The molecule has 0 saturated carbocycles. The van der Waals surface area contributed by atoms with Crippen molar-refractivity contribution in [2.45, 2.75) is 19.9 Å². The van der Waals surface area contributed by atoms with Crippen LogP contribution in [0.15, 0.2) is 42.5 Å². The van der Waals surface area contributed by atoms with Crippen molar-refractivity contribution < 1.29 is 4.74 Å². The fraction of sp³-hybridized carbons (Fsp3) is 0.250. The average molecular weight is 367 g/mol. The van der Waals surface area contributed by atoms with Crippen LogP contribution >= 0.6 is 22.6 Å². The van der Waals surface area contributed by atoms with E-state index in [1.54, 1.807) is 7.11 Å². The maximum atomic E-state index is 5.47. The van der Waals surface area contributed by atoms with Crippen LogP contribution < -0.4 is 10.1 Å². The molecule has 19 heavy (non-hydrogen) atoms. The minimum absolute atomic E-state index is 0.203. The van der Waals surface area contributed by atoms with E-state index >= 15 is 0 Å². The van der Waals surface area contributed by atoms with Gasteiger partial charge in [0.1, 0.15) is 5.75 Å². The highest BCUT2D eigenvalue weighted by atomic mass is 127. The lowest BCUT2D eigenvalue weighted by atomic mass is 10.0. The lowest BCUT2D eigenvalue weighted by Gasteiger charge is -2.19. The molecule has 0 amide bonds. The van der Waals surface area contributed by atoms with E-state index in [1.165, 1.54) is 14.7 Å². The standard InChI is InChI=1S/C16H18INO/c1-11-7-8-15(16(9-11)19-3)12(2)18-14-6-4-5-13(17)10-14/h4-10,12,18H,1-3H3. The summed E-state index contributed by atoms with van der Waals surface area (Å²) in [6.07, 6.45) is 0. The van der Waals surface area contributed by atoms with Gasteiger partial charge in [0.15, 0.2) is 0 Å². The van der Waals surface area contributed by atoms with Gasteiger partial charge in [-0.25, -0.2) is 0 Å². The Balaban J connectivity index is 2.22. The Morgan fingerprint density at radius 2 is 1.95 bits per heavy atom. The second-order valence-electron chi connectivity index (χ2n) is 4.62. The Morgan fingerprint density at radius 1 is 1.16 bits per heavy atom. The second kappa shape index (κ2) is 6.28. The molecule has 0 aliphatic rings. The highest BCUT2D eigenvalue weighted by Crippen LogP contribution is 2.28. The van der Waals surface area contributed by atoms with Gasteiger partial charge in [0.25, 0.3) is 0 Å². The van der Waals surface area contributed by atoms with Crippen molar-refractivity contribution in [1.82, 2.24) is 0 Å². The van der Waals surface area contributed by atoms with E-state index in [0.717, 1.165) is 11.4 Å². The summed E-state index contributed by atoms with van der Waals surface area (Å²) in [6.45, 7) is 4.22. The van der Waals surface area contributed by atoms with Crippen LogP contribution in [0, 0.1) is 10.5 Å². The molecule has 3 heteroatoms. The molecule has 0 fully saturated rings. The average Bonchev–Trinajstić information content (AvgIpc) is 2.38. The van der Waals surface area contributed by atoms with Gasteiger partial charge in [-0.15, -0.1) is 0 Å². The molecule has 100 valence electrons. The minimum atomic E-state index is 0.203. The maximum Gasteiger partial charge on any atom is 0.124 e. The number of hydrogen-bond donors (Lipinski definition) is 1. The Hall–Kier alpha value is -1.23. The molecule has 0 spiro atoms. The molecule has 0 heterocycles. The number of halogens is 1. The molecular weight excluding hydrogens is 349 g/mol. The first kappa shape index (κ1) is 14.2. The van der Waals surface area contributed by atoms with Crippen LogP contribution in [0.4, 0.5) is 5.69 Å². The number of aryl methyl sites for hydroxylation is 1. The van der Waals surface area contributed by atoms with E-state index in [1.807, 2.05) is 0 Å². The number of methoxy groups -OCH3 is 1. The van der Waals surface area contributed by atoms with Gasteiger partial charge in [0.05, 0.1) is 13.2 Å². The van der Waals surface area contributed by atoms with E-state index in [2.05, 4.69) is 84.2 Å². The van der Waals surface area contributed by atoms with Crippen molar-refractivity contribution >= 4 is 28.3 Å². The Kier molecular flexibility index (Phi) is 4.69. The Bertz CT molecular complexity index is 568. The highest BCUT2D eigenvalue weighted by molar-refractivity contribution is 14.1. The molecule has 0 radical (unpaired) electrons. The number of rotatable bonds is 4. The van der Waals surface area contributed by atoms with Crippen LogP contribution in [0.3, 0.4) is 0 Å². The molecule has 0 aliphatic carbocycles. The molecule has 2 aromatic rings. The predicted molar refractivity (Wildman–Crippen MR) is 88.9 cm³/mol. The van der Waals surface area contributed by atoms with Crippen molar-refractivity contribution in [3.63, 3.8) is 0 Å². The van der Waals surface area contributed by atoms with Crippen LogP contribution in [-0.2, 0) is 0 Å². The lowest BCUT2D eigenvalue weighted by Crippen LogP contribution is -2.08. The molecule has 1 unspecified atom stereocenters. The topological polar surface area (TPSA) is 21.3 Å². The summed E-state index contributed by atoms with van der Waals surface area (Å²) in [4.78, 5) is 0. The van der Waals surface area contributed by atoms with E-state index < -0.39 is 0 Å². The monoisotopic (exact) mass is 367 g/mol. The van der Waals surface area contributed by atoms with Crippen molar-refractivity contribution in [1.29, 1.82) is 0 Å². The number of ether oxygens (including phenoxy) is 1. The van der Waals surface area contributed by atoms with Crippen molar-refractivity contribution in [3.05, 3.63) is 57.2 Å². The summed E-state index contributed by atoms with van der Waals surface area (Å²) in [5, 5.41) is 3.51. The first-order chi connectivity index (χ1) is 9.10. The van der Waals surface area contributed by atoms with Crippen LogP contribution in [0.1, 0.15) is 24.1 Å². The third-order valence-corrected chi connectivity index (χ3v) is 3.73. The largest absolute Gasteiger partial charge is 0.496 e. The number of nitrogens with one attached hydrogen (secondary N) is 1. The van der Waals surface area contributed by atoms with Crippen LogP contribution in [0.25, 0.3) is 0 Å². The molecule has 2 nitrogen and oxygen atoms in total. The summed E-state index contributed by atoms with van der Waals surface area (Å²) in [5.74, 6) is 0.936. The highest BCUT2D eigenvalue weighted by Gasteiger charge is 2.11. The molecule has 0 bridgehead atoms. The van der Waals surface area contributed by atoms with Gasteiger partial charge < -0.3 is 10.1 Å². The number of benzene rings is 2. The fourth-order valence-corrected chi connectivity index (χ4v) is 2.63. The van der Waals surface area contributed by atoms with Gasteiger partial charge in [-0.3, -0.25) is 0 Å². The SMILES string of the molecule is COc1cc(C)ccc1C(C)Nc1cccc(I)c1. The normalized spacial score (nSPS) is 12.0. The zero-order valence-electron chi connectivity index (χ0n) is 11.4. The number of hydrogen-bond acceptors (Lipinski definition) is 2. The summed E-state index contributed by atoms with van der Waals surface area (Å²) in [6, 6.07) is 14.9. The van der Waals surface area contributed by atoms with Gasteiger partial charge in [-0.05, 0) is 66.3 Å². The van der Waals surface area contributed by atoms with Crippen LogP contribution in [0.5, 0.6) is 5.75 Å². The number of anilines is 1. The van der Waals surface area contributed by atoms with E-state index in [0.29, 0.717) is 0 Å². The van der Waals surface area contributed by atoms with Crippen molar-refractivity contribution in [2.75, 3.05) is 12.4 Å². The summed E-state index contributed by atoms with van der Waals surface area (Å²) < 4.78 is 6.69. The third-order valence-electron chi connectivity index (χ3n) is 3.06. The molecule has 0 aliphatic heterocycles. The van der Waals surface area contributed by atoms with E-state index in [-0.39, 0.29) is 6.04 Å². The molecule has 0 aromatic heterocycles. The Morgan fingerprint density at radius 3 is 2.63 bits per heavy atom. The van der Waals surface area contributed by atoms with Gasteiger partial charge in [0.2, 0.25) is 0 Å². The summed E-state index contributed by atoms with van der Waals surface area (Å²) in [5.41, 5.74) is 3.51. The first-order valence-electron chi connectivity index (χ1n) is 6.27. The van der Waals surface area contributed by atoms with E-state index in [9.17, 15) is 0 Å². The molecule has 1 N–H and O–H groups in total. The van der Waals surface area contributed by atoms with Gasteiger partial charge in [0, 0.05) is 14.8 Å². The predicted octanol–water partition coefficient (Wildman–Crippen LogP) is 4.78. The smallest absolute Gasteiger partial charge is 0.124 e. The van der Waals surface area contributed by atoms with Crippen LogP contribution in [0.2, 0.25) is 0 Å².